The summed E-state index contributed by atoms with van der Waals surface area (Å²) in [4.78, 5) is 0. The number of aliphatic hydroxyl groups excluding tert-OH is 1. The average Bonchev–Trinajstić information content (AvgIpc) is 2.40. The van der Waals surface area contributed by atoms with Crippen LogP contribution in [0.4, 0.5) is 0 Å². The van der Waals surface area contributed by atoms with E-state index in [0.717, 1.165) is 22.4 Å². The normalized spacial score (nSPS) is 12.5. The lowest BCUT2D eigenvalue weighted by Crippen LogP contribution is -2.07. The molecule has 0 saturated heterocycles. The minimum Gasteiger partial charge on any atom is -0.491 e. The Balaban J connectivity index is 2.33. The van der Waals surface area contributed by atoms with E-state index in [-0.39, 0.29) is 6.10 Å². The molecule has 0 aliphatic carbocycles. The van der Waals surface area contributed by atoms with E-state index in [4.69, 9.17) is 16.3 Å². The van der Waals surface area contributed by atoms with Crippen molar-refractivity contribution in [2.24, 2.45) is 0 Å². The fraction of sp³-hybridized carbons (Fsp3) is 0.294. The molecule has 0 bridgehead atoms. The first-order valence-electron chi connectivity index (χ1n) is 6.68. The summed E-state index contributed by atoms with van der Waals surface area (Å²) in [6.45, 7) is 5.91. The molecule has 0 aliphatic heterocycles. The molecule has 2 nitrogen and oxygen atoms in total. The second-order valence-electron chi connectivity index (χ2n) is 5.14. The molecule has 1 N–H and O–H groups in total. The Labute approximate surface area is 125 Å². The van der Waals surface area contributed by atoms with Gasteiger partial charge in [-0.3, -0.25) is 0 Å². The Morgan fingerprint density at radius 1 is 1.10 bits per heavy atom. The van der Waals surface area contributed by atoms with E-state index in [1.54, 1.807) is 6.07 Å². The van der Waals surface area contributed by atoms with Gasteiger partial charge in [-0.25, -0.2) is 0 Å². The van der Waals surface area contributed by atoms with E-state index < -0.39 is 6.10 Å². The zero-order chi connectivity index (χ0) is 14.7. The van der Waals surface area contributed by atoms with Gasteiger partial charge >= 0.3 is 0 Å². The van der Waals surface area contributed by atoms with E-state index in [2.05, 4.69) is 0 Å². The van der Waals surface area contributed by atoms with Gasteiger partial charge in [0.15, 0.2) is 0 Å². The summed E-state index contributed by atoms with van der Waals surface area (Å²) in [7, 11) is 0. The molecular weight excluding hydrogens is 272 g/mol. The topological polar surface area (TPSA) is 29.5 Å². The number of hydrogen-bond acceptors (Lipinski definition) is 2. The quantitative estimate of drug-likeness (QED) is 0.897. The van der Waals surface area contributed by atoms with Crippen molar-refractivity contribution in [1.29, 1.82) is 0 Å². The summed E-state index contributed by atoms with van der Waals surface area (Å²) in [6.07, 6.45) is -0.597. The number of benzene rings is 2. The van der Waals surface area contributed by atoms with Crippen molar-refractivity contribution in [1.82, 2.24) is 0 Å². The zero-order valence-corrected chi connectivity index (χ0v) is 12.7. The van der Waals surface area contributed by atoms with E-state index in [1.165, 1.54) is 0 Å². The van der Waals surface area contributed by atoms with Crippen molar-refractivity contribution in [3.63, 3.8) is 0 Å². The highest BCUT2D eigenvalue weighted by molar-refractivity contribution is 6.30. The van der Waals surface area contributed by atoms with Gasteiger partial charge in [0.1, 0.15) is 11.9 Å². The predicted octanol–water partition coefficient (Wildman–Crippen LogP) is 4.52. The molecule has 2 aromatic carbocycles. The number of aryl methyl sites for hydroxylation is 1. The van der Waals surface area contributed by atoms with Crippen LogP contribution in [0.25, 0.3) is 0 Å². The fourth-order valence-electron chi connectivity index (χ4n) is 2.12. The van der Waals surface area contributed by atoms with Gasteiger partial charge in [-0.05, 0) is 61.7 Å². The molecule has 3 heteroatoms. The molecule has 20 heavy (non-hydrogen) atoms. The first-order chi connectivity index (χ1) is 9.47. The first-order valence-corrected chi connectivity index (χ1v) is 7.06. The first kappa shape index (κ1) is 14.9. The van der Waals surface area contributed by atoms with Crippen LogP contribution in [-0.2, 0) is 0 Å². The molecule has 2 rings (SSSR count). The summed E-state index contributed by atoms with van der Waals surface area (Å²) in [5, 5.41) is 11.2. The molecule has 0 saturated carbocycles. The van der Waals surface area contributed by atoms with Crippen molar-refractivity contribution in [2.45, 2.75) is 33.0 Å². The highest BCUT2D eigenvalue weighted by Crippen LogP contribution is 2.29. The van der Waals surface area contributed by atoms with Crippen LogP contribution in [0.5, 0.6) is 5.75 Å². The van der Waals surface area contributed by atoms with Gasteiger partial charge in [-0.15, -0.1) is 0 Å². The molecular formula is C17H19ClO2. The summed E-state index contributed by atoms with van der Waals surface area (Å²) < 4.78 is 5.66. The number of aliphatic hydroxyl groups is 1. The van der Waals surface area contributed by atoms with Crippen molar-refractivity contribution in [2.75, 3.05) is 0 Å². The smallest absolute Gasteiger partial charge is 0.120 e. The highest BCUT2D eigenvalue weighted by atomic mass is 35.5. The lowest BCUT2D eigenvalue weighted by Gasteiger charge is -2.16. The Kier molecular flexibility index (Phi) is 4.69. The molecule has 0 spiro atoms. The van der Waals surface area contributed by atoms with Crippen LogP contribution in [0.15, 0.2) is 42.5 Å². The van der Waals surface area contributed by atoms with Crippen LogP contribution < -0.4 is 4.74 Å². The Bertz CT molecular complexity index is 593. The number of ether oxygens (including phenoxy) is 1. The van der Waals surface area contributed by atoms with Gasteiger partial charge < -0.3 is 9.84 Å². The minimum atomic E-state index is -0.704. The number of rotatable bonds is 4. The van der Waals surface area contributed by atoms with Crippen LogP contribution >= 0.6 is 11.6 Å². The summed E-state index contributed by atoms with van der Waals surface area (Å²) in [5.41, 5.74) is 2.63. The molecule has 1 atom stereocenters. The van der Waals surface area contributed by atoms with Crippen molar-refractivity contribution in [3.8, 4) is 5.75 Å². The second kappa shape index (κ2) is 6.29. The SMILES string of the molecule is Cc1ccc(Cl)cc1C(O)c1cccc(OC(C)C)c1. The number of halogens is 1. The third-order valence-electron chi connectivity index (χ3n) is 3.08. The van der Waals surface area contributed by atoms with Gasteiger partial charge in [0.05, 0.1) is 6.10 Å². The standard InChI is InChI=1S/C17H19ClO2/c1-11(2)20-15-6-4-5-13(9-15)17(19)16-10-14(18)8-7-12(16)3/h4-11,17,19H,1-3H3. The van der Waals surface area contributed by atoms with Crippen molar-refractivity contribution in [3.05, 3.63) is 64.2 Å². The summed E-state index contributed by atoms with van der Waals surface area (Å²) in [5.74, 6) is 0.760. The molecule has 0 aromatic heterocycles. The molecule has 0 amide bonds. The van der Waals surface area contributed by atoms with E-state index >= 15 is 0 Å². The van der Waals surface area contributed by atoms with Gasteiger partial charge in [-0.1, -0.05) is 29.8 Å². The molecule has 0 radical (unpaired) electrons. The molecule has 106 valence electrons. The van der Waals surface area contributed by atoms with Crippen LogP contribution in [0.3, 0.4) is 0 Å². The van der Waals surface area contributed by atoms with Gasteiger partial charge in [-0.2, -0.15) is 0 Å². The lowest BCUT2D eigenvalue weighted by molar-refractivity contribution is 0.216. The highest BCUT2D eigenvalue weighted by Gasteiger charge is 2.14. The summed E-state index contributed by atoms with van der Waals surface area (Å²) in [6, 6.07) is 13.1. The Morgan fingerprint density at radius 3 is 2.55 bits per heavy atom. The molecule has 1 unspecified atom stereocenters. The third-order valence-corrected chi connectivity index (χ3v) is 3.32. The van der Waals surface area contributed by atoms with Crippen LogP contribution in [-0.4, -0.2) is 11.2 Å². The Hall–Kier alpha value is -1.51. The van der Waals surface area contributed by atoms with Crippen LogP contribution in [0, 0.1) is 6.92 Å². The monoisotopic (exact) mass is 290 g/mol. The average molecular weight is 291 g/mol. The van der Waals surface area contributed by atoms with E-state index in [9.17, 15) is 5.11 Å². The number of hydrogen-bond donors (Lipinski definition) is 1. The summed E-state index contributed by atoms with van der Waals surface area (Å²) >= 11 is 6.01. The van der Waals surface area contributed by atoms with Gasteiger partial charge in [0.2, 0.25) is 0 Å². The third kappa shape index (κ3) is 3.53. The second-order valence-corrected chi connectivity index (χ2v) is 5.58. The molecule has 0 aliphatic rings. The maximum Gasteiger partial charge on any atom is 0.120 e. The largest absolute Gasteiger partial charge is 0.491 e. The van der Waals surface area contributed by atoms with E-state index in [0.29, 0.717) is 5.02 Å². The van der Waals surface area contributed by atoms with E-state index in [1.807, 2.05) is 57.2 Å². The van der Waals surface area contributed by atoms with Gasteiger partial charge in [0, 0.05) is 5.02 Å². The molecule has 0 heterocycles. The Morgan fingerprint density at radius 2 is 1.85 bits per heavy atom. The van der Waals surface area contributed by atoms with Crippen molar-refractivity contribution < 1.29 is 9.84 Å². The maximum atomic E-state index is 10.5. The molecule has 0 fully saturated rings. The fourth-order valence-corrected chi connectivity index (χ4v) is 2.30. The lowest BCUT2D eigenvalue weighted by atomic mass is 9.97. The predicted molar refractivity (Wildman–Crippen MR) is 82.5 cm³/mol. The van der Waals surface area contributed by atoms with Crippen LogP contribution in [0.2, 0.25) is 5.02 Å². The van der Waals surface area contributed by atoms with Crippen LogP contribution in [0.1, 0.15) is 36.6 Å². The zero-order valence-electron chi connectivity index (χ0n) is 11.9. The van der Waals surface area contributed by atoms with Gasteiger partial charge in [0.25, 0.3) is 0 Å². The maximum absolute atomic E-state index is 10.5. The molecule has 2 aromatic rings. The minimum absolute atomic E-state index is 0.107. The van der Waals surface area contributed by atoms with Crippen molar-refractivity contribution >= 4 is 11.6 Å².